The third-order valence-electron chi connectivity index (χ3n) is 5.31. The maximum absolute atomic E-state index is 10.9. The number of β-amino-alcohol motifs (C(OH)–C–C–N with tert-alkyl or cyclic N) is 1. The standard InChI is InChI=1S/C19H28N4O4.2ClH/c20-18(22-19(25)26)17-16-11-15(2-1-14(16)3-6-21-17)27-12-13-4-7-23(8-5-13)9-10-24;;/h1-2,11,13,17,21,24H,3-10,12H2,(H2,20,22)(H,25,26);2*1H. The first kappa shape index (κ1) is 25.5. The fourth-order valence-corrected chi connectivity index (χ4v) is 3.80. The Hall–Kier alpha value is -1.58. The summed E-state index contributed by atoms with van der Waals surface area (Å²) in [7, 11) is 0. The van der Waals surface area contributed by atoms with Crippen molar-refractivity contribution in [3.05, 3.63) is 29.3 Å². The van der Waals surface area contributed by atoms with Gasteiger partial charge >= 0.3 is 6.09 Å². The summed E-state index contributed by atoms with van der Waals surface area (Å²) in [6.45, 7) is 4.27. The van der Waals surface area contributed by atoms with Crippen LogP contribution >= 0.6 is 24.8 Å². The van der Waals surface area contributed by atoms with Gasteiger partial charge in [-0.3, -0.25) is 10.7 Å². The molecule has 1 saturated heterocycles. The van der Waals surface area contributed by atoms with Gasteiger partial charge in [-0.25, -0.2) is 4.79 Å². The van der Waals surface area contributed by atoms with Crippen molar-refractivity contribution in [2.24, 2.45) is 5.92 Å². The molecule has 1 fully saturated rings. The summed E-state index contributed by atoms with van der Waals surface area (Å²) in [5.74, 6) is 1.18. The molecule has 0 aromatic heterocycles. The summed E-state index contributed by atoms with van der Waals surface area (Å²) >= 11 is 0. The fraction of sp³-hybridized carbons (Fsp3) is 0.579. The summed E-state index contributed by atoms with van der Waals surface area (Å²) in [5.41, 5.74) is 2.01. The summed E-state index contributed by atoms with van der Waals surface area (Å²) in [6, 6.07) is 5.42. The molecule has 1 aromatic rings. The second-order valence-electron chi connectivity index (χ2n) is 7.16. The number of aliphatic hydroxyl groups is 1. The molecule has 1 aromatic carbocycles. The van der Waals surface area contributed by atoms with E-state index in [-0.39, 0.29) is 37.3 Å². The Morgan fingerprint density at radius 3 is 2.69 bits per heavy atom. The summed E-state index contributed by atoms with van der Waals surface area (Å²) in [5, 5.41) is 31.3. The third kappa shape index (κ3) is 7.01. The zero-order chi connectivity index (χ0) is 19.2. The average Bonchev–Trinajstić information content (AvgIpc) is 2.66. The average molecular weight is 449 g/mol. The maximum Gasteiger partial charge on any atom is 0.410 e. The molecule has 0 saturated carbocycles. The first-order valence-electron chi connectivity index (χ1n) is 9.47. The number of hydrogen-bond donors (Lipinski definition) is 5. The zero-order valence-corrected chi connectivity index (χ0v) is 17.9. The van der Waals surface area contributed by atoms with Gasteiger partial charge in [0.1, 0.15) is 11.6 Å². The van der Waals surface area contributed by atoms with Crippen LogP contribution < -0.4 is 15.4 Å². The number of likely N-dealkylation sites (tertiary alicyclic amines) is 1. The van der Waals surface area contributed by atoms with Gasteiger partial charge in [-0.2, -0.15) is 0 Å². The van der Waals surface area contributed by atoms with Crippen molar-refractivity contribution >= 4 is 36.7 Å². The van der Waals surface area contributed by atoms with E-state index >= 15 is 0 Å². The normalized spacial score (nSPS) is 19.3. The lowest BCUT2D eigenvalue weighted by Gasteiger charge is -2.31. The molecule has 3 rings (SSSR count). The van der Waals surface area contributed by atoms with Crippen molar-refractivity contribution in [3.63, 3.8) is 0 Å². The highest BCUT2D eigenvalue weighted by Crippen LogP contribution is 2.28. The Bertz CT molecular complexity index is 684. The van der Waals surface area contributed by atoms with E-state index in [4.69, 9.17) is 20.4 Å². The zero-order valence-electron chi connectivity index (χ0n) is 16.2. The minimum atomic E-state index is -1.23. The number of carbonyl (C=O) groups is 1. The monoisotopic (exact) mass is 448 g/mol. The minimum absolute atomic E-state index is 0. The predicted octanol–water partition coefficient (Wildman–Crippen LogP) is 2.04. The Kier molecular flexibility index (Phi) is 10.7. The molecule has 1 atom stereocenters. The van der Waals surface area contributed by atoms with Gasteiger partial charge in [-0.05, 0) is 61.5 Å². The van der Waals surface area contributed by atoms with E-state index in [1.165, 1.54) is 0 Å². The number of aliphatic hydroxyl groups excluding tert-OH is 1. The number of amidine groups is 1. The highest BCUT2D eigenvalue weighted by Gasteiger charge is 2.25. The third-order valence-corrected chi connectivity index (χ3v) is 5.31. The molecule has 2 heterocycles. The molecule has 10 heteroatoms. The summed E-state index contributed by atoms with van der Waals surface area (Å²) in [6.07, 6.45) is 1.73. The van der Waals surface area contributed by atoms with Crippen molar-refractivity contribution in [1.29, 1.82) is 5.41 Å². The van der Waals surface area contributed by atoms with Gasteiger partial charge in [0, 0.05) is 13.1 Å². The van der Waals surface area contributed by atoms with E-state index in [1.807, 2.05) is 18.2 Å². The number of fused-ring (bicyclic) bond motifs is 1. The smallest absolute Gasteiger partial charge is 0.410 e. The van der Waals surface area contributed by atoms with Gasteiger partial charge in [-0.15, -0.1) is 24.8 Å². The number of nitrogens with one attached hydrogen (secondary N) is 3. The number of benzene rings is 1. The van der Waals surface area contributed by atoms with Crippen LogP contribution in [0.1, 0.15) is 30.0 Å². The number of rotatable bonds is 6. The highest BCUT2D eigenvalue weighted by atomic mass is 35.5. The molecule has 29 heavy (non-hydrogen) atoms. The number of hydrogen-bond acceptors (Lipinski definition) is 6. The van der Waals surface area contributed by atoms with Gasteiger partial charge in [0.25, 0.3) is 0 Å². The van der Waals surface area contributed by atoms with Crippen LogP contribution in [0.2, 0.25) is 0 Å². The molecule has 0 aliphatic carbocycles. The molecule has 0 spiro atoms. The molecule has 8 nitrogen and oxygen atoms in total. The van der Waals surface area contributed by atoms with E-state index in [0.29, 0.717) is 19.1 Å². The number of piperidine rings is 1. The molecule has 1 amide bonds. The lowest BCUT2D eigenvalue weighted by Crippen LogP contribution is -2.42. The lowest BCUT2D eigenvalue weighted by atomic mass is 9.93. The van der Waals surface area contributed by atoms with E-state index < -0.39 is 12.1 Å². The molecular weight excluding hydrogens is 419 g/mol. The van der Waals surface area contributed by atoms with E-state index in [2.05, 4.69) is 15.5 Å². The van der Waals surface area contributed by atoms with Crippen LogP contribution in [0.5, 0.6) is 5.75 Å². The molecule has 0 radical (unpaired) electrons. The topological polar surface area (TPSA) is 118 Å². The van der Waals surface area contributed by atoms with Crippen LogP contribution in [0.25, 0.3) is 0 Å². The number of halogens is 2. The van der Waals surface area contributed by atoms with Crippen molar-refractivity contribution in [2.45, 2.75) is 25.3 Å². The van der Waals surface area contributed by atoms with Crippen LogP contribution in [0, 0.1) is 11.3 Å². The Balaban J connectivity index is 0.00000210. The number of ether oxygens (including phenoxy) is 1. The van der Waals surface area contributed by atoms with Crippen LogP contribution in [0.3, 0.4) is 0 Å². The quantitative estimate of drug-likeness (QED) is 0.335. The van der Waals surface area contributed by atoms with Crippen molar-refractivity contribution in [1.82, 2.24) is 15.5 Å². The van der Waals surface area contributed by atoms with E-state index in [0.717, 1.165) is 55.8 Å². The van der Waals surface area contributed by atoms with Crippen LogP contribution in [-0.2, 0) is 6.42 Å². The summed E-state index contributed by atoms with van der Waals surface area (Å²) < 4.78 is 6.01. The largest absolute Gasteiger partial charge is 0.493 e. The molecule has 2 aliphatic rings. The van der Waals surface area contributed by atoms with Crippen molar-refractivity contribution < 1.29 is 19.7 Å². The van der Waals surface area contributed by atoms with Crippen LogP contribution in [-0.4, -0.2) is 66.4 Å². The Labute approximate surface area is 183 Å². The number of nitrogens with zero attached hydrogens (tertiary/aromatic N) is 1. The molecule has 0 bridgehead atoms. The maximum atomic E-state index is 10.9. The van der Waals surface area contributed by atoms with Crippen LogP contribution in [0.15, 0.2) is 18.2 Å². The van der Waals surface area contributed by atoms with Crippen molar-refractivity contribution in [3.8, 4) is 5.75 Å². The number of amides is 1. The molecule has 1 unspecified atom stereocenters. The second-order valence-corrected chi connectivity index (χ2v) is 7.16. The Morgan fingerprint density at radius 1 is 1.31 bits per heavy atom. The van der Waals surface area contributed by atoms with Crippen molar-refractivity contribution in [2.75, 3.05) is 39.4 Å². The predicted molar refractivity (Wildman–Crippen MR) is 116 cm³/mol. The molecule has 164 valence electrons. The SMILES string of the molecule is Cl.Cl.N=C(NC(=O)O)C1NCCc2ccc(OCC3CCN(CCO)CC3)cc21. The van der Waals surface area contributed by atoms with Gasteiger partial charge in [0.15, 0.2) is 0 Å². The Morgan fingerprint density at radius 2 is 2.03 bits per heavy atom. The van der Waals surface area contributed by atoms with E-state index in [1.54, 1.807) is 0 Å². The molecule has 2 aliphatic heterocycles. The van der Waals surface area contributed by atoms with Crippen LogP contribution in [0.4, 0.5) is 4.79 Å². The minimum Gasteiger partial charge on any atom is -0.493 e. The van der Waals surface area contributed by atoms with Gasteiger partial charge in [0.2, 0.25) is 0 Å². The van der Waals surface area contributed by atoms with Gasteiger partial charge in [0.05, 0.1) is 19.3 Å². The first-order valence-corrected chi connectivity index (χ1v) is 9.47. The van der Waals surface area contributed by atoms with Gasteiger partial charge < -0.3 is 25.2 Å². The number of carboxylic acid groups (broad SMARTS) is 1. The lowest BCUT2D eigenvalue weighted by molar-refractivity contribution is 0.122. The highest BCUT2D eigenvalue weighted by molar-refractivity contribution is 5.97. The second kappa shape index (κ2) is 12.2. The fourth-order valence-electron chi connectivity index (χ4n) is 3.80. The molecular formula is C19H30Cl2N4O4. The summed E-state index contributed by atoms with van der Waals surface area (Å²) in [4.78, 5) is 13.1. The molecule has 5 N–H and O–H groups in total. The first-order chi connectivity index (χ1) is 13.1. The van der Waals surface area contributed by atoms with Gasteiger partial charge in [-0.1, -0.05) is 6.07 Å². The van der Waals surface area contributed by atoms with E-state index in [9.17, 15) is 4.79 Å².